The summed E-state index contributed by atoms with van der Waals surface area (Å²) in [5.41, 5.74) is 0. The van der Waals surface area contributed by atoms with Crippen molar-refractivity contribution in [2.45, 2.75) is 42.7 Å². The fraction of sp³-hybridized carbons (Fsp3) is 0.727. The predicted octanol–water partition coefficient (Wildman–Crippen LogP) is 3.27. The standard InChI is InChI=1S/C11H15N3S2/c1-7-3-4-9(6-12)10(5-7)16-11-14-13-8(2)15-11/h7,9-10H,3-5H2,1-2H3. The quantitative estimate of drug-likeness (QED) is 0.811. The average molecular weight is 253 g/mol. The molecule has 1 saturated carbocycles. The maximum Gasteiger partial charge on any atom is 0.174 e. The van der Waals surface area contributed by atoms with E-state index in [1.807, 2.05) is 6.92 Å². The monoisotopic (exact) mass is 253 g/mol. The normalized spacial score (nSPS) is 29.9. The second kappa shape index (κ2) is 5.15. The van der Waals surface area contributed by atoms with Gasteiger partial charge in [-0.25, -0.2) is 0 Å². The van der Waals surface area contributed by atoms with E-state index in [9.17, 15) is 0 Å². The van der Waals surface area contributed by atoms with Crippen molar-refractivity contribution in [1.29, 1.82) is 5.26 Å². The molecule has 0 aliphatic heterocycles. The summed E-state index contributed by atoms with van der Waals surface area (Å²) in [6.07, 6.45) is 3.35. The Morgan fingerprint density at radius 1 is 1.44 bits per heavy atom. The van der Waals surface area contributed by atoms with Crippen LogP contribution in [0, 0.1) is 30.1 Å². The molecule has 0 radical (unpaired) electrons. The van der Waals surface area contributed by atoms with Gasteiger partial charge in [0.15, 0.2) is 4.34 Å². The lowest BCUT2D eigenvalue weighted by atomic mass is 9.83. The van der Waals surface area contributed by atoms with Gasteiger partial charge in [-0.2, -0.15) is 5.26 Å². The highest BCUT2D eigenvalue weighted by atomic mass is 32.2. The van der Waals surface area contributed by atoms with Crippen LogP contribution in [0.15, 0.2) is 4.34 Å². The third-order valence-corrected chi connectivity index (χ3v) is 5.26. The summed E-state index contributed by atoms with van der Waals surface area (Å²) in [5.74, 6) is 0.918. The first-order chi connectivity index (χ1) is 7.69. The van der Waals surface area contributed by atoms with Crippen LogP contribution in [-0.2, 0) is 0 Å². The molecular formula is C11H15N3S2. The Labute approximate surface area is 104 Å². The predicted molar refractivity (Wildman–Crippen MR) is 66.4 cm³/mol. The molecule has 3 atom stereocenters. The summed E-state index contributed by atoms with van der Waals surface area (Å²) in [7, 11) is 0. The summed E-state index contributed by atoms with van der Waals surface area (Å²) >= 11 is 3.37. The molecule has 0 N–H and O–H groups in total. The van der Waals surface area contributed by atoms with Gasteiger partial charge >= 0.3 is 0 Å². The lowest BCUT2D eigenvalue weighted by Gasteiger charge is -2.29. The number of rotatable bonds is 2. The zero-order chi connectivity index (χ0) is 11.5. The van der Waals surface area contributed by atoms with Crippen LogP contribution in [0.3, 0.4) is 0 Å². The van der Waals surface area contributed by atoms with Gasteiger partial charge in [-0.1, -0.05) is 30.0 Å². The molecule has 1 aromatic rings. The lowest BCUT2D eigenvalue weighted by Crippen LogP contribution is -2.24. The third-order valence-electron chi connectivity index (χ3n) is 2.98. The van der Waals surface area contributed by atoms with Gasteiger partial charge in [-0.15, -0.1) is 10.2 Å². The Balaban J connectivity index is 2.04. The van der Waals surface area contributed by atoms with Crippen LogP contribution in [0.1, 0.15) is 31.2 Å². The molecule has 0 amide bonds. The second-order valence-electron chi connectivity index (χ2n) is 4.40. The highest BCUT2D eigenvalue weighted by Gasteiger charge is 2.30. The smallest absolute Gasteiger partial charge is 0.174 e. The Morgan fingerprint density at radius 3 is 2.88 bits per heavy atom. The van der Waals surface area contributed by atoms with E-state index in [2.05, 4.69) is 23.2 Å². The molecule has 1 heterocycles. The minimum Gasteiger partial charge on any atom is -0.198 e. The Kier molecular flexibility index (Phi) is 3.82. The van der Waals surface area contributed by atoms with Crippen molar-refractivity contribution < 1.29 is 0 Å². The van der Waals surface area contributed by atoms with Crippen molar-refractivity contribution in [3.63, 3.8) is 0 Å². The summed E-state index contributed by atoms with van der Waals surface area (Å²) in [5, 5.41) is 18.7. The van der Waals surface area contributed by atoms with Gasteiger partial charge in [0.1, 0.15) is 5.01 Å². The van der Waals surface area contributed by atoms with Gasteiger partial charge in [0.05, 0.1) is 12.0 Å². The Hall–Kier alpha value is -0.600. The highest BCUT2D eigenvalue weighted by Crippen LogP contribution is 2.40. The Bertz CT molecular complexity index is 396. The molecule has 0 bridgehead atoms. The van der Waals surface area contributed by atoms with E-state index in [1.165, 1.54) is 6.42 Å². The first-order valence-corrected chi connectivity index (χ1v) is 7.25. The second-order valence-corrected chi connectivity index (χ2v) is 7.07. The molecule has 1 aliphatic rings. The first-order valence-electron chi connectivity index (χ1n) is 5.55. The Morgan fingerprint density at radius 2 is 2.25 bits per heavy atom. The first kappa shape index (κ1) is 11.9. The number of hydrogen-bond donors (Lipinski definition) is 0. The molecule has 16 heavy (non-hydrogen) atoms. The van der Waals surface area contributed by atoms with Crippen LogP contribution in [0.5, 0.6) is 0 Å². The van der Waals surface area contributed by atoms with Crippen molar-refractivity contribution in [1.82, 2.24) is 10.2 Å². The van der Waals surface area contributed by atoms with Crippen LogP contribution in [0.2, 0.25) is 0 Å². The number of nitriles is 1. The zero-order valence-electron chi connectivity index (χ0n) is 9.51. The summed E-state index contributed by atoms with van der Waals surface area (Å²) in [6.45, 7) is 4.24. The van der Waals surface area contributed by atoms with E-state index in [4.69, 9.17) is 5.26 Å². The summed E-state index contributed by atoms with van der Waals surface area (Å²) < 4.78 is 1.01. The minimum absolute atomic E-state index is 0.186. The molecule has 0 saturated heterocycles. The molecule has 1 aromatic heterocycles. The fourth-order valence-corrected chi connectivity index (χ4v) is 4.54. The number of hydrogen-bond acceptors (Lipinski definition) is 5. The van der Waals surface area contributed by atoms with Gasteiger partial charge in [-0.05, 0) is 32.1 Å². The number of nitrogens with zero attached hydrogens (tertiary/aromatic N) is 3. The molecule has 0 spiro atoms. The molecule has 5 heteroatoms. The van der Waals surface area contributed by atoms with Crippen molar-refractivity contribution in [2.75, 3.05) is 0 Å². The highest BCUT2D eigenvalue weighted by molar-refractivity contribution is 8.01. The average Bonchev–Trinajstić information content (AvgIpc) is 2.64. The molecular weight excluding hydrogens is 238 g/mol. The van der Waals surface area contributed by atoms with Gasteiger partial charge in [0, 0.05) is 5.25 Å². The minimum atomic E-state index is 0.186. The lowest BCUT2D eigenvalue weighted by molar-refractivity contribution is 0.345. The van der Waals surface area contributed by atoms with Crippen molar-refractivity contribution in [3.05, 3.63) is 5.01 Å². The van der Waals surface area contributed by atoms with Crippen LogP contribution >= 0.6 is 23.1 Å². The fourth-order valence-electron chi connectivity index (χ4n) is 2.06. The van der Waals surface area contributed by atoms with Crippen LogP contribution in [-0.4, -0.2) is 15.4 Å². The van der Waals surface area contributed by atoms with Gasteiger partial charge in [0.2, 0.25) is 0 Å². The van der Waals surface area contributed by atoms with Crippen molar-refractivity contribution in [2.24, 2.45) is 11.8 Å². The molecule has 1 fully saturated rings. The largest absolute Gasteiger partial charge is 0.198 e. The molecule has 0 aromatic carbocycles. The van der Waals surface area contributed by atoms with Crippen molar-refractivity contribution in [3.8, 4) is 6.07 Å². The van der Waals surface area contributed by atoms with Crippen LogP contribution in [0.4, 0.5) is 0 Å². The van der Waals surface area contributed by atoms with Gasteiger partial charge in [0.25, 0.3) is 0 Å². The zero-order valence-corrected chi connectivity index (χ0v) is 11.1. The van der Waals surface area contributed by atoms with Crippen LogP contribution in [0.25, 0.3) is 0 Å². The van der Waals surface area contributed by atoms with E-state index in [-0.39, 0.29) is 5.92 Å². The molecule has 2 rings (SSSR count). The molecule has 3 unspecified atom stereocenters. The topological polar surface area (TPSA) is 49.6 Å². The van der Waals surface area contributed by atoms with E-state index < -0.39 is 0 Å². The summed E-state index contributed by atoms with van der Waals surface area (Å²) in [6, 6.07) is 2.44. The number of thioether (sulfide) groups is 1. The maximum absolute atomic E-state index is 9.13. The van der Waals surface area contributed by atoms with Gasteiger partial charge < -0.3 is 0 Å². The van der Waals surface area contributed by atoms with E-state index in [1.54, 1.807) is 23.1 Å². The molecule has 3 nitrogen and oxygen atoms in total. The van der Waals surface area contributed by atoms with Gasteiger partial charge in [-0.3, -0.25) is 0 Å². The SMILES string of the molecule is Cc1nnc(SC2CC(C)CCC2C#N)s1. The number of aromatic nitrogens is 2. The maximum atomic E-state index is 9.13. The third kappa shape index (κ3) is 2.74. The van der Waals surface area contributed by atoms with Crippen molar-refractivity contribution >= 4 is 23.1 Å². The number of aryl methyl sites for hydroxylation is 1. The van der Waals surface area contributed by atoms with E-state index >= 15 is 0 Å². The van der Waals surface area contributed by atoms with E-state index in [0.717, 1.165) is 28.1 Å². The molecule has 1 aliphatic carbocycles. The molecule has 86 valence electrons. The van der Waals surface area contributed by atoms with Crippen LogP contribution < -0.4 is 0 Å². The summed E-state index contributed by atoms with van der Waals surface area (Å²) in [4.78, 5) is 0. The van der Waals surface area contributed by atoms with E-state index in [0.29, 0.717) is 5.25 Å².